The molecule has 0 fully saturated rings. The smallest absolute Gasteiger partial charge is 0.168 e. The molecule has 0 aromatic carbocycles. The van der Waals surface area contributed by atoms with Crippen molar-refractivity contribution in [2.75, 3.05) is 26.4 Å². The molecule has 4 nitrogen and oxygen atoms in total. The quantitative estimate of drug-likeness (QED) is 0.346. The van der Waals surface area contributed by atoms with Gasteiger partial charge in [-0.2, -0.15) is 0 Å². The topological polar surface area (TPSA) is 69.9 Å². The summed E-state index contributed by atoms with van der Waals surface area (Å²) in [6.07, 6.45) is 0. The van der Waals surface area contributed by atoms with Gasteiger partial charge in [-0.05, 0) is 11.8 Å². The molecule has 0 rings (SSSR count). The third-order valence-corrected chi connectivity index (χ3v) is 3.02. The fraction of sp³-hybridized carbons (Fsp3) is 1.00. The maximum Gasteiger partial charge on any atom is 0.168 e. The third-order valence-electron chi connectivity index (χ3n) is 1.55. The molecule has 80 valence electrons. The van der Waals surface area contributed by atoms with Gasteiger partial charge in [0.25, 0.3) is 0 Å². The van der Waals surface area contributed by atoms with Gasteiger partial charge in [-0.1, -0.05) is 0 Å². The first-order valence-corrected chi connectivity index (χ1v) is 8.44. The van der Waals surface area contributed by atoms with E-state index in [0.717, 1.165) is 0 Å². The Morgan fingerprint density at radius 3 is 1.77 bits per heavy atom. The molecular weight excluding hydrogens is 251 g/mol. The minimum absolute atomic E-state index is 0.0548. The number of aliphatic hydroxyl groups is 3. The van der Waals surface area contributed by atoms with Gasteiger partial charge in [-0.15, -0.1) is 24.5 Å². The zero-order valence-corrected chi connectivity index (χ0v) is 10.3. The molecule has 0 aromatic rings. The van der Waals surface area contributed by atoms with Crippen LogP contribution in [0.25, 0.3) is 0 Å². The summed E-state index contributed by atoms with van der Waals surface area (Å²) >= 11 is 12.6. The molecule has 0 bridgehead atoms. The molecule has 0 saturated carbocycles. The van der Waals surface area contributed by atoms with Gasteiger partial charge in [0.1, 0.15) is 0 Å². The van der Waals surface area contributed by atoms with E-state index < -0.39 is 10.1 Å². The molecule has 0 spiro atoms. The van der Waals surface area contributed by atoms with E-state index in [1.54, 1.807) is 0 Å². The summed E-state index contributed by atoms with van der Waals surface area (Å²) in [5.41, 5.74) is -1.06. The Morgan fingerprint density at radius 2 is 1.54 bits per heavy atom. The average Bonchev–Trinajstić information content (AvgIpc) is 2.06. The van der Waals surface area contributed by atoms with Gasteiger partial charge < -0.3 is 19.8 Å². The standard InChI is InChI=1S/C5H13O4PS3/c6-1-5(2-7,3-8)4-9-10(11,12)13/h6-8H,1-4H2,(H2,11,12,13). The molecule has 0 aliphatic heterocycles. The molecule has 3 N–H and O–H groups in total. The van der Waals surface area contributed by atoms with Crippen molar-refractivity contribution >= 4 is 41.0 Å². The lowest BCUT2D eigenvalue weighted by molar-refractivity contribution is -0.0223. The molecule has 0 heterocycles. The Labute approximate surface area is 92.7 Å². The summed E-state index contributed by atoms with van der Waals surface area (Å²) in [6, 6.07) is 0. The van der Waals surface area contributed by atoms with E-state index >= 15 is 0 Å². The lowest BCUT2D eigenvalue weighted by Crippen LogP contribution is -2.38. The first-order chi connectivity index (χ1) is 5.89. The van der Waals surface area contributed by atoms with Crippen molar-refractivity contribution in [1.82, 2.24) is 0 Å². The van der Waals surface area contributed by atoms with Crippen LogP contribution in [0.3, 0.4) is 0 Å². The average molecular weight is 264 g/mol. The molecule has 0 aliphatic rings. The van der Waals surface area contributed by atoms with Gasteiger partial charge in [0, 0.05) is 0 Å². The van der Waals surface area contributed by atoms with Crippen molar-refractivity contribution in [2.24, 2.45) is 5.41 Å². The lowest BCUT2D eigenvalue weighted by atomic mass is 9.93. The summed E-state index contributed by atoms with van der Waals surface area (Å²) in [7, 11) is 0. The Bertz CT molecular complexity index is 182. The zero-order valence-electron chi connectivity index (χ0n) is 6.83. The molecule has 0 saturated heterocycles. The number of thiol groups is 2. The highest BCUT2D eigenvalue weighted by Gasteiger charge is 2.29. The van der Waals surface area contributed by atoms with E-state index in [1.165, 1.54) is 0 Å². The van der Waals surface area contributed by atoms with E-state index in [4.69, 9.17) is 31.7 Å². The van der Waals surface area contributed by atoms with Gasteiger partial charge >= 0.3 is 0 Å². The maximum atomic E-state index is 8.90. The minimum atomic E-state index is -2.41. The maximum absolute atomic E-state index is 8.90. The SMILES string of the molecule is OCC(CO)(CO)COP(=S)(S)S. The number of hydrogen-bond acceptors (Lipinski definition) is 5. The number of hydrogen-bond donors (Lipinski definition) is 5. The van der Waals surface area contributed by atoms with E-state index in [-0.39, 0.29) is 26.4 Å². The van der Waals surface area contributed by atoms with Crippen LogP contribution in [0.1, 0.15) is 0 Å². The Morgan fingerprint density at radius 1 is 1.15 bits per heavy atom. The van der Waals surface area contributed by atoms with Crippen molar-refractivity contribution in [3.8, 4) is 0 Å². The Hall–Kier alpha value is 1.19. The van der Waals surface area contributed by atoms with Gasteiger partial charge in [0.05, 0.1) is 31.8 Å². The van der Waals surface area contributed by atoms with Gasteiger partial charge in [-0.25, -0.2) is 0 Å². The predicted molar refractivity (Wildman–Crippen MR) is 61.9 cm³/mol. The second-order valence-corrected chi connectivity index (χ2v) is 11.5. The van der Waals surface area contributed by atoms with E-state index in [1.807, 2.05) is 0 Å². The summed E-state index contributed by atoms with van der Waals surface area (Å²) in [5, 5.41) is 26.7. The number of rotatable bonds is 6. The monoisotopic (exact) mass is 264 g/mol. The second kappa shape index (κ2) is 5.92. The summed E-state index contributed by atoms with van der Waals surface area (Å²) in [6.45, 7) is -1.19. The molecule has 0 amide bonds. The predicted octanol–water partition coefficient (Wildman–Crippen LogP) is 0.0504. The van der Waals surface area contributed by atoms with E-state index in [2.05, 4.69) is 24.5 Å². The molecule has 0 aliphatic carbocycles. The van der Waals surface area contributed by atoms with Gasteiger partial charge in [0.15, 0.2) is 4.67 Å². The number of aliphatic hydroxyl groups excluding tert-OH is 3. The van der Waals surface area contributed by atoms with Gasteiger partial charge in [-0.3, -0.25) is 0 Å². The van der Waals surface area contributed by atoms with Gasteiger partial charge in [0.2, 0.25) is 0 Å². The van der Waals surface area contributed by atoms with Crippen molar-refractivity contribution in [2.45, 2.75) is 0 Å². The van der Waals surface area contributed by atoms with Crippen LogP contribution in [0, 0.1) is 5.41 Å². The summed E-state index contributed by atoms with van der Waals surface area (Å²) in [4.78, 5) is 0. The summed E-state index contributed by atoms with van der Waals surface area (Å²) in [5.74, 6) is 0. The van der Waals surface area contributed by atoms with Crippen LogP contribution in [0.15, 0.2) is 0 Å². The third kappa shape index (κ3) is 5.59. The van der Waals surface area contributed by atoms with Crippen molar-refractivity contribution in [3.05, 3.63) is 0 Å². The first-order valence-electron chi connectivity index (χ1n) is 3.42. The molecule has 0 aromatic heterocycles. The Balaban J connectivity index is 4.19. The molecule has 0 radical (unpaired) electrons. The largest absolute Gasteiger partial charge is 0.396 e. The van der Waals surface area contributed by atoms with Crippen LogP contribution in [0.5, 0.6) is 0 Å². The Kier molecular flexibility index (Phi) is 6.47. The molecule has 13 heavy (non-hydrogen) atoms. The fourth-order valence-electron chi connectivity index (χ4n) is 0.508. The fourth-order valence-corrected chi connectivity index (χ4v) is 1.45. The molecule has 0 atom stereocenters. The highest BCUT2D eigenvalue weighted by Crippen LogP contribution is 2.57. The molecule has 0 unspecified atom stereocenters. The van der Waals surface area contributed by atoms with Crippen molar-refractivity contribution in [1.29, 1.82) is 0 Å². The van der Waals surface area contributed by atoms with E-state index in [9.17, 15) is 0 Å². The normalized spacial score (nSPS) is 13.3. The van der Waals surface area contributed by atoms with Crippen LogP contribution in [-0.4, -0.2) is 41.7 Å². The van der Waals surface area contributed by atoms with Crippen molar-refractivity contribution < 1.29 is 19.8 Å². The van der Waals surface area contributed by atoms with Crippen molar-refractivity contribution in [3.63, 3.8) is 0 Å². The molecular formula is C5H13O4PS3. The summed E-state index contributed by atoms with van der Waals surface area (Å²) < 4.78 is 2.63. The second-order valence-electron chi connectivity index (χ2n) is 2.74. The lowest BCUT2D eigenvalue weighted by Gasteiger charge is -2.27. The van der Waals surface area contributed by atoms with Crippen LogP contribution in [0.4, 0.5) is 0 Å². The highest BCUT2D eigenvalue weighted by molar-refractivity contribution is 8.90. The van der Waals surface area contributed by atoms with E-state index in [0.29, 0.717) is 0 Å². The highest BCUT2D eigenvalue weighted by atomic mass is 33.2. The van der Waals surface area contributed by atoms with Crippen LogP contribution >= 0.6 is 29.2 Å². The molecule has 8 heteroatoms. The van der Waals surface area contributed by atoms with Crippen LogP contribution in [0.2, 0.25) is 0 Å². The zero-order chi connectivity index (χ0) is 10.5. The first kappa shape index (κ1) is 14.2. The van der Waals surface area contributed by atoms with Crippen LogP contribution in [-0.2, 0) is 16.3 Å². The minimum Gasteiger partial charge on any atom is -0.396 e. The van der Waals surface area contributed by atoms with Crippen LogP contribution < -0.4 is 0 Å².